The van der Waals surface area contributed by atoms with Gasteiger partial charge in [-0.1, -0.05) is 12.1 Å². The maximum Gasteiger partial charge on any atom is 0.159 e. The molecule has 5 heteroatoms. The number of methoxy groups -OCH3 is 1. The Kier molecular flexibility index (Phi) is 3.39. The Balaban J connectivity index is 1.64. The van der Waals surface area contributed by atoms with Gasteiger partial charge < -0.3 is 9.72 Å². The monoisotopic (exact) mass is 361 g/mol. The van der Waals surface area contributed by atoms with Crippen molar-refractivity contribution in [2.45, 2.75) is 35.5 Å². The molecule has 23 heavy (non-hydrogen) atoms. The SMILES string of the molecule is COc1ccc([C@H]2c3sc(=S)[nH]c3S[C@H]3[C@H]4CC[C@H](C4)[C@@H]23)cc1. The third-order valence-corrected chi connectivity index (χ3v) is 8.92. The molecule has 1 aliphatic heterocycles. The number of rotatable bonds is 2. The number of hydrogen-bond acceptors (Lipinski definition) is 4. The fourth-order valence-corrected chi connectivity index (χ4v) is 8.37. The summed E-state index contributed by atoms with van der Waals surface area (Å²) in [6.07, 6.45) is 4.28. The van der Waals surface area contributed by atoms with Crippen LogP contribution < -0.4 is 4.74 Å². The minimum Gasteiger partial charge on any atom is -0.497 e. The van der Waals surface area contributed by atoms with Crippen LogP contribution in [0.4, 0.5) is 0 Å². The second-order valence-corrected chi connectivity index (χ2v) is 9.86. The van der Waals surface area contributed by atoms with E-state index >= 15 is 0 Å². The third kappa shape index (κ3) is 2.16. The van der Waals surface area contributed by atoms with Crippen molar-refractivity contribution >= 4 is 35.3 Å². The molecule has 2 bridgehead atoms. The van der Waals surface area contributed by atoms with E-state index in [0.29, 0.717) is 5.92 Å². The van der Waals surface area contributed by atoms with Crippen molar-refractivity contribution in [2.24, 2.45) is 17.8 Å². The number of H-pyrrole nitrogens is 1. The lowest BCUT2D eigenvalue weighted by Gasteiger charge is -2.40. The van der Waals surface area contributed by atoms with Crippen molar-refractivity contribution in [2.75, 3.05) is 7.11 Å². The lowest BCUT2D eigenvalue weighted by atomic mass is 9.75. The normalized spacial score (nSPS) is 34.2. The molecule has 0 amide bonds. The van der Waals surface area contributed by atoms with Gasteiger partial charge in [0.05, 0.1) is 12.1 Å². The number of hydrogen-bond donors (Lipinski definition) is 1. The molecule has 2 aliphatic carbocycles. The van der Waals surface area contributed by atoms with Gasteiger partial charge in [0.15, 0.2) is 3.95 Å². The first-order valence-electron chi connectivity index (χ1n) is 8.28. The van der Waals surface area contributed by atoms with Gasteiger partial charge in [-0.3, -0.25) is 0 Å². The zero-order chi connectivity index (χ0) is 15.6. The number of thiazole rings is 1. The second-order valence-electron chi connectivity index (χ2n) is 6.95. The van der Waals surface area contributed by atoms with Gasteiger partial charge in [-0.2, -0.15) is 0 Å². The molecule has 0 spiro atoms. The van der Waals surface area contributed by atoms with Crippen LogP contribution >= 0.6 is 35.3 Å². The minimum absolute atomic E-state index is 0.510. The van der Waals surface area contributed by atoms with Crippen LogP contribution in [0.25, 0.3) is 0 Å². The summed E-state index contributed by atoms with van der Waals surface area (Å²) in [5.74, 6) is 4.03. The molecule has 3 aliphatic rings. The summed E-state index contributed by atoms with van der Waals surface area (Å²) in [6.45, 7) is 0. The van der Waals surface area contributed by atoms with E-state index in [0.717, 1.165) is 32.7 Å². The number of fused-ring (bicyclic) bond motifs is 6. The molecule has 1 N–H and O–H groups in total. The highest BCUT2D eigenvalue weighted by molar-refractivity contribution is 8.00. The number of thioether (sulfide) groups is 1. The topological polar surface area (TPSA) is 25.0 Å². The largest absolute Gasteiger partial charge is 0.497 e. The highest BCUT2D eigenvalue weighted by Crippen LogP contribution is 2.64. The standard InChI is InChI=1S/C18H19NOS3/c1-20-12-6-4-9(5-7-12)13-14-10-2-3-11(8-10)15(14)22-17-16(13)23-18(21)19-17/h4-7,10-11,13-15H,2-3,8H2,1H3,(H,19,21)/t10-,11+,13-,14+,15+/m1/s1. The molecule has 2 saturated carbocycles. The second kappa shape index (κ2) is 5.36. The molecule has 0 saturated heterocycles. The predicted molar refractivity (Wildman–Crippen MR) is 98.3 cm³/mol. The summed E-state index contributed by atoms with van der Waals surface area (Å²) in [5.41, 5.74) is 1.43. The summed E-state index contributed by atoms with van der Waals surface area (Å²) in [7, 11) is 1.73. The van der Waals surface area contributed by atoms with Gasteiger partial charge in [-0.25, -0.2) is 0 Å². The van der Waals surface area contributed by atoms with Crippen molar-refractivity contribution in [3.05, 3.63) is 38.7 Å². The Hall–Kier alpha value is -0.780. The van der Waals surface area contributed by atoms with Crippen LogP contribution in [0.5, 0.6) is 5.75 Å². The number of ether oxygens (including phenoxy) is 1. The van der Waals surface area contributed by atoms with Gasteiger partial charge in [0.25, 0.3) is 0 Å². The average Bonchev–Trinajstić information content (AvgIpc) is 3.26. The fourth-order valence-electron chi connectivity index (χ4n) is 5.03. The molecule has 0 unspecified atom stereocenters. The highest BCUT2D eigenvalue weighted by Gasteiger charge is 2.54. The quantitative estimate of drug-likeness (QED) is 0.718. The van der Waals surface area contributed by atoms with Gasteiger partial charge in [0, 0.05) is 16.0 Å². The fraction of sp³-hybridized carbons (Fsp3) is 0.500. The molecule has 2 nitrogen and oxygen atoms in total. The number of benzene rings is 1. The number of aromatic nitrogens is 1. The van der Waals surface area contributed by atoms with Crippen LogP contribution in [-0.2, 0) is 0 Å². The van der Waals surface area contributed by atoms with E-state index in [-0.39, 0.29) is 0 Å². The number of nitrogens with one attached hydrogen (secondary N) is 1. The van der Waals surface area contributed by atoms with Crippen molar-refractivity contribution in [1.82, 2.24) is 4.98 Å². The summed E-state index contributed by atoms with van der Waals surface area (Å²) < 4.78 is 6.27. The van der Waals surface area contributed by atoms with Gasteiger partial charge in [-0.15, -0.1) is 23.1 Å². The van der Waals surface area contributed by atoms with Crippen LogP contribution in [0.15, 0.2) is 29.3 Å². The first-order valence-corrected chi connectivity index (χ1v) is 10.4. The molecule has 0 radical (unpaired) electrons. The molecule has 120 valence electrons. The van der Waals surface area contributed by atoms with Gasteiger partial charge >= 0.3 is 0 Å². The molecular formula is C18H19NOS3. The van der Waals surface area contributed by atoms with Crippen LogP contribution in [0.2, 0.25) is 0 Å². The maximum atomic E-state index is 5.46. The Bertz CT molecular complexity index is 793. The first-order chi connectivity index (χ1) is 11.2. The van der Waals surface area contributed by atoms with Crippen LogP contribution in [0.1, 0.15) is 35.6 Å². The van der Waals surface area contributed by atoms with Crippen molar-refractivity contribution in [1.29, 1.82) is 0 Å². The number of aromatic amines is 1. The zero-order valence-electron chi connectivity index (χ0n) is 13.0. The maximum absolute atomic E-state index is 5.46. The van der Waals surface area contributed by atoms with Crippen molar-refractivity contribution in [3.63, 3.8) is 0 Å². The van der Waals surface area contributed by atoms with E-state index in [2.05, 4.69) is 41.0 Å². The Labute approximate surface area is 149 Å². The van der Waals surface area contributed by atoms with Gasteiger partial charge in [0.2, 0.25) is 0 Å². The van der Waals surface area contributed by atoms with Gasteiger partial charge in [-0.05, 0) is 66.9 Å². The van der Waals surface area contributed by atoms with Gasteiger partial charge in [0.1, 0.15) is 5.75 Å². The third-order valence-electron chi connectivity index (χ3n) is 5.94. The molecule has 1 aromatic carbocycles. The van der Waals surface area contributed by atoms with Crippen LogP contribution in [0, 0.1) is 21.7 Å². The summed E-state index contributed by atoms with van der Waals surface area (Å²) >= 11 is 9.33. The first kappa shape index (κ1) is 14.6. The van der Waals surface area contributed by atoms with Crippen molar-refractivity contribution in [3.8, 4) is 5.75 Å². The lowest BCUT2D eigenvalue weighted by molar-refractivity contribution is 0.307. The molecule has 5 atom stereocenters. The van der Waals surface area contributed by atoms with E-state index in [9.17, 15) is 0 Å². The van der Waals surface area contributed by atoms with E-state index in [1.165, 1.54) is 34.7 Å². The summed E-state index contributed by atoms with van der Waals surface area (Å²) in [4.78, 5) is 4.93. The smallest absolute Gasteiger partial charge is 0.159 e. The van der Waals surface area contributed by atoms with E-state index in [1.54, 1.807) is 18.4 Å². The van der Waals surface area contributed by atoms with Crippen LogP contribution in [-0.4, -0.2) is 17.3 Å². The van der Waals surface area contributed by atoms with Crippen LogP contribution in [0.3, 0.4) is 0 Å². The highest BCUT2D eigenvalue weighted by atomic mass is 32.2. The van der Waals surface area contributed by atoms with Crippen molar-refractivity contribution < 1.29 is 4.74 Å². The summed E-state index contributed by atoms with van der Waals surface area (Å²) in [6, 6.07) is 8.72. The Morgan fingerprint density at radius 1 is 1.17 bits per heavy atom. The molecule has 2 heterocycles. The average molecular weight is 362 g/mol. The lowest BCUT2D eigenvalue weighted by Crippen LogP contribution is -2.33. The predicted octanol–water partition coefficient (Wildman–Crippen LogP) is 5.47. The Morgan fingerprint density at radius 2 is 1.96 bits per heavy atom. The molecular weight excluding hydrogens is 342 g/mol. The molecule has 2 fully saturated rings. The molecule has 2 aromatic rings. The van der Waals surface area contributed by atoms with E-state index < -0.39 is 0 Å². The molecule has 1 aromatic heterocycles. The minimum atomic E-state index is 0.510. The van der Waals surface area contributed by atoms with E-state index in [4.69, 9.17) is 17.0 Å². The molecule has 5 rings (SSSR count). The zero-order valence-corrected chi connectivity index (χ0v) is 15.4. The summed E-state index contributed by atoms with van der Waals surface area (Å²) in [5, 5.41) is 2.11. The Morgan fingerprint density at radius 3 is 2.74 bits per heavy atom. The van der Waals surface area contributed by atoms with E-state index in [1.807, 2.05) is 0 Å².